The zero-order valence-corrected chi connectivity index (χ0v) is 9.86. The highest BCUT2D eigenvalue weighted by Crippen LogP contribution is 2.24. The van der Waals surface area contributed by atoms with E-state index < -0.39 is 0 Å². The van der Waals surface area contributed by atoms with Gasteiger partial charge < -0.3 is 5.32 Å². The van der Waals surface area contributed by atoms with Gasteiger partial charge in [0, 0.05) is 16.6 Å². The second kappa shape index (κ2) is 5.27. The van der Waals surface area contributed by atoms with Crippen molar-refractivity contribution in [1.82, 2.24) is 5.32 Å². The summed E-state index contributed by atoms with van der Waals surface area (Å²) in [6.07, 6.45) is 3.67. The van der Waals surface area contributed by atoms with E-state index in [1.165, 1.54) is 6.07 Å². The van der Waals surface area contributed by atoms with Crippen molar-refractivity contribution >= 4 is 22.0 Å². The minimum Gasteiger partial charge on any atom is -0.316 e. The van der Waals surface area contributed by atoms with E-state index in [0.29, 0.717) is 5.56 Å². The second-order valence-corrected chi connectivity index (χ2v) is 3.84. The molecule has 0 saturated carbocycles. The Hall–Kier alpha value is -0.670. The molecule has 0 spiro atoms. The summed E-state index contributed by atoms with van der Waals surface area (Å²) < 4.78 is 14.2. The molecule has 1 aromatic rings. The van der Waals surface area contributed by atoms with Crippen LogP contribution in [0.3, 0.4) is 0 Å². The first-order valence-electron chi connectivity index (χ1n) is 4.42. The lowest BCUT2D eigenvalue weighted by molar-refractivity contribution is 0.623. The van der Waals surface area contributed by atoms with Gasteiger partial charge in [-0.25, -0.2) is 4.39 Å². The van der Waals surface area contributed by atoms with Crippen molar-refractivity contribution in [3.05, 3.63) is 39.6 Å². The van der Waals surface area contributed by atoms with Crippen molar-refractivity contribution in [2.45, 2.75) is 6.92 Å². The molecule has 0 aliphatic carbocycles. The number of aryl methyl sites for hydroxylation is 1. The Balaban J connectivity index is 3.00. The fraction of sp³-hybridized carbons (Fsp3) is 0.273. The van der Waals surface area contributed by atoms with E-state index in [4.69, 9.17) is 0 Å². The highest BCUT2D eigenvalue weighted by atomic mass is 79.9. The zero-order valence-electron chi connectivity index (χ0n) is 8.27. The monoisotopic (exact) mass is 257 g/mol. The molecular formula is C11H13BrFN. The second-order valence-electron chi connectivity index (χ2n) is 3.05. The van der Waals surface area contributed by atoms with E-state index in [-0.39, 0.29) is 5.82 Å². The SMILES string of the molecule is CNCC=Cc1c(F)ccc(C)c1Br. The molecule has 1 rings (SSSR count). The number of benzene rings is 1. The molecule has 0 bridgehead atoms. The number of nitrogens with one attached hydrogen (secondary N) is 1. The third kappa shape index (κ3) is 2.66. The molecule has 0 aliphatic heterocycles. The fourth-order valence-corrected chi connectivity index (χ4v) is 1.58. The Labute approximate surface area is 92.1 Å². The van der Waals surface area contributed by atoms with Crippen LogP contribution in [0, 0.1) is 12.7 Å². The number of halogens is 2. The molecule has 76 valence electrons. The van der Waals surface area contributed by atoms with E-state index in [1.54, 1.807) is 12.1 Å². The van der Waals surface area contributed by atoms with E-state index in [2.05, 4.69) is 21.2 Å². The van der Waals surface area contributed by atoms with Crippen LogP contribution in [0.1, 0.15) is 11.1 Å². The van der Waals surface area contributed by atoms with Crippen LogP contribution in [0.4, 0.5) is 4.39 Å². The van der Waals surface area contributed by atoms with Crippen LogP contribution in [0.2, 0.25) is 0 Å². The molecule has 0 atom stereocenters. The first-order chi connectivity index (χ1) is 6.66. The van der Waals surface area contributed by atoms with Crippen molar-refractivity contribution < 1.29 is 4.39 Å². The summed E-state index contributed by atoms with van der Waals surface area (Å²) >= 11 is 3.37. The summed E-state index contributed by atoms with van der Waals surface area (Å²) in [6.45, 7) is 2.68. The highest BCUT2D eigenvalue weighted by Gasteiger charge is 2.05. The van der Waals surface area contributed by atoms with E-state index in [1.807, 2.05) is 20.0 Å². The molecule has 0 aromatic heterocycles. The van der Waals surface area contributed by atoms with Gasteiger partial charge in [0.15, 0.2) is 0 Å². The molecule has 1 nitrogen and oxygen atoms in total. The predicted octanol–water partition coefficient (Wildman–Crippen LogP) is 3.13. The van der Waals surface area contributed by atoms with Gasteiger partial charge in [-0.15, -0.1) is 0 Å². The minimum absolute atomic E-state index is 0.199. The fourth-order valence-electron chi connectivity index (χ4n) is 1.13. The summed E-state index contributed by atoms with van der Waals surface area (Å²) in [4.78, 5) is 0. The van der Waals surface area contributed by atoms with E-state index in [9.17, 15) is 4.39 Å². The quantitative estimate of drug-likeness (QED) is 0.878. The predicted molar refractivity (Wildman–Crippen MR) is 61.8 cm³/mol. The molecule has 0 heterocycles. The van der Waals surface area contributed by atoms with Gasteiger partial charge in [-0.1, -0.05) is 18.2 Å². The van der Waals surface area contributed by atoms with Gasteiger partial charge in [0.2, 0.25) is 0 Å². The van der Waals surface area contributed by atoms with Crippen LogP contribution in [0.5, 0.6) is 0 Å². The summed E-state index contributed by atoms with van der Waals surface area (Å²) in [6, 6.07) is 3.24. The molecule has 0 saturated heterocycles. The molecule has 0 unspecified atom stereocenters. The smallest absolute Gasteiger partial charge is 0.131 e. The van der Waals surface area contributed by atoms with E-state index >= 15 is 0 Å². The minimum atomic E-state index is -0.199. The largest absolute Gasteiger partial charge is 0.316 e. The maximum absolute atomic E-state index is 13.4. The number of rotatable bonds is 3. The number of hydrogen-bond donors (Lipinski definition) is 1. The Kier molecular flexibility index (Phi) is 4.29. The highest BCUT2D eigenvalue weighted by molar-refractivity contribution is 9.10. The Morgan fingerprint density at radius 1 is 1.50 bits per heavy atom. The van der Waals surface area contributed by atoms with E-state index in [0.717, 1.165) is 16.6 Å². The van der Waals surface area contributed by atoms with Crippen LogP contribution in [-0.2, 0) is 0 Å². The molecular weight excluding hydrogens is 245 g/mol. The van der Waals surface area contributed by atoms with Gasteiger partial charge in [-0.3, -0.25) is 0 Å². The van der Waals surface area contributed by atoms with Crippen LogP contribution < -0.4 is 5.32 Å². The van der Waals surface area contributed by atoms with Crippen LogP contribution in [0.15, 0.2) is 22.7 Å². The van der Waals surface area contributed by atoms with Crippen molar-refractivity contribution in [2.75, 3.05) is 13.6 Å². The molecule has 3 heteroatoms. The van der Waals surface area contributed by atoms with Crippen molar-refractivity contribution in [3.63, 3.8) is 0 Å². The first-order valence-corrected chi connectivity index (χ1v) is 5.22. The lowest BCUT2D eigenvalue weighted by atomic mass is 10.1. The third-order valence-electron chi connectivity index (χ3n) is 1.93. The zero-order chi connectivity index (χ0) is 10.6. The summed E-state index contributed by atoms with van der Waals surface area (Å²) in [5.74, 6) is -0.199. The summed E-state index contributed by atoms with van der Waals surface area (Å²) in [5.41, 5.74) is 1.65. The Bertz CT molecular complexity index is 347. The van der Waals surface area contributed by atoms with Crippen LogP contribution in [0.25, 0.3) is 6.08 Å². The average molecular weight is 258 g/mol. The van der Waals surface area contributed by atoms with Crippen molar-refractivity contribution in [2.24, 2.45) is 0 Å². The summed E-state index contributed by atoms with van der Waals surface area (Å²) in [5, 5.41) is 2.97. The van der Waals surface area contributed by atoms with Gasteiger partial charge in [-0.05, 0) is 41.5 Å². The molecule has 14 heavy (non-hydrogen) atoms. The third-order valence-corrected chi connectivity index (χ3v) is 2.98. The van der Waals surface area contributed by atoms with Gasteiger partial charge in [-0.2, -0.15) is 0 Å². The van der Waals surface area contributed by atoms with Crippen molar-refractivity contribution in [1.29, 1.82) is 0 Å². The molecule has 0 fully saturated rings. The van der Waals surface area contributed by atoms with Crippen LogP contribution in [-0.4, -0.2) is 13.6 Å². The maximum atomic E-state index is 13.4. The maximum Gasteiger partial charge on any atom is 0.131 e. The first kappa shape index (κ1) is 11.4. The summed E-state index contributed by atoms with van der Waals surface area (Å²) in [7, 11) is 1.85. The molecule has 0 aliphatic rings. The number of hydrogen-bond acceptors (Lipinski definition) is 1. The Morgan fingerprint density at radius 2 is 2.21 bits per heavy atom. The topological polar surface area (TPSA) is 12.0 Å². The van der Waals surface area contributed by atoms with Crippen molar-refractivity contribution in [3.8, 4) is 0 Å². The number of likely N-dealkylation sites (N-methyl/N-ethyl adjacent to an activating group) is 1. The van der Waals surface area contributed by atoms with Gasteiger partial charge in [0.1, 0.15) is 5.82 Å². The normalized spacial score (nSPS) is 11.1. The van der Waals surface area contributed by atoms with Crippen LogP contribution >= 0.6 is 15.9 Å². The van der Waals surface area contributed by atoms with Gasteiger partial charge >= 0.3 is 0 Å². The standard InChI is InChI=1S/C11H13BrFN/c1-8-5-6-10(13)9(11(8)12)4-3-7-14-2/h3-6,14H,7H2,1-2H3. The molecule has 0 amide bonds. The lowest BCUT2D eigenvalue weighted by Gasteiger charge is -2.03. The lowest BCUT2D eigenvalue weighted by Crippen LogP contribution is -2.03. The molecule has 1 N–H and O–H groups in total. The average Bonchev–Trinajstić information content (AvgIpc) is 2.18. The van der Waals surface area contributed by atoms with Gasteiger partial charge in [0.05, 0.1) is 0 Å². The van der Waals surface area contributed by atoms with Gasteiger partial charge in [0.25, 0.3) is 0 Å². The molecule has 0 radical (unpaired) electrons. The Morgan fingerprint density at radius 3 is 2.86 bits per heavy atom. The molecule has 1 aromatic carbocycles.